The van der Waals surface area contributed by atoms with Crippen LogP contribution < -0.4 is 5.73 Å². The smallest absolute Gasteiger partial charge is 0.335 e. The van der Waals surface area contributed by atoms with Gasteiger partial charge in [0.05, 0.1) is 28.0 Å². The second-order valence-electron chi connectivity index (χ2n) is 5.73. The fourth-order valence-corrected chi connectivity index (χ4v) is 3.00. The average molecular weight is 329 g/mol. The molecule has 4 aromatic rings. The highest BCUT2D eigenvalue weighted by Gasteiger charge is 2.14. The first-order chi connectivity index (χ1) is 12.1. The number of carboxylic acid groups (broad SMARTS) is 1. The highest BCUT2D eigenvalue weighted by Crippen LogP contribution is 2.33. The number of hydrogen-bond donors (Lipinski definition) is 2. The maximum atomic E-state index is 11.2. The molecule has 0 bridgehead atoms. The second-order valence-corrected chi connectivity index (χ2v) is 5.73. The fourth-order valence-electron chi connectivity index (χ4n) is 3.00. The molecule has 0 saturated heterocycles. The molecule has 0 aliphatic rings. The number of carbonyl (C=O) groups is 1. The molecule has 3 N–H and O–H groups in total. The van der Waals surface area contributed by atoms with Crippen LogP contribution in [0, 0.1) is 0 Å². The Balaban J connectivity index is 1.97. The molecular formula is C20H15N3O2. The number of nitrogens with two attached hydrogens (primary N) is 1. The summed E-state index contributed by atoms with van der Waals surface area (Å²) < 4.78 is 1.90. The third-order valence-electron chi connectivity index (χ3n) is 4.19. The van der Waals surface area contributed by atoms with Gasteiger partial charge in [-0.3, -0.25) is 4.57 Å². The van der Waals surface area contributed by atoms with Crippen molar-refractivity contribution >= 4 is 22.7 Å². The molecule has 0 unspecified atom stereocenters. The number of nitrogens with zero attached hydrogens (tertiary/aromatic N) is 2. The lowest BCUT2D eigenvalue weighted by Gasteiger charge is -2.14. The molecule has 0 aliphatic heterocycles. The third-order valence-corrected chi connectivity index (χ3v) is 4.19. The van der Waals surface area contributed by atoms with Gasteiger partial charge in [-0.2, -0.15) is 0 Å². The number of hydrogen-bond acceptors (Lipinski definition) is 3. The minimum absolute atomic E-state index is 0.210. The number of benzene rings is 3. The van der Waals surface area contributed by atoms with Crippen LogP contribution in [-0.4, -0.2) is 20.6 Å². The molecule has 0 saturated carbocycles. The van der Waals surface area contributed by atoms with E-state index in [4.69, 9.17) is 10.8 Å². The predicted octanol–water partition coefficient (Wildman–Crippen LogP) is 3.97. The van der Waals surface area contributed by atoms with Crippen LogP contribution in [0.5, 0.6) is 0 Å². The zero-order valence-corrected chi connectivity index (χ0v) is 13.3. The van der Waals surface area contributed by atoms with Crippen molar-refractivity contribution in [1.29, 1.82) is 0 Å². The molecule has 4 rings (SSSR count). The van der Waals surface area contributed by atoms with E-state index in [1.165, 1.54) is 0 Å². The molecule has 5 heteroatoms. The molecular weight excluding hydrogens is 314 g/mol. The molecule has 0 aliphatic carbocycles. The number of aromatic carboxylic acids is 1. The number of nitrogen functional groups attached to an aromatic ring is 1. The maximum Gasteiger partial charge on any atom is 0.335 e. The summed E-state index contributed by atoms with van der Waals surface area (Å²) in [6.07, 6.45) is 1.68. The quantitative estimate of drug-likeness (QED) is 0.557. The molecule has 122 valence electrons. The summed E-state index contributed by atoms with van der Waals surface area (Å²) in [7, 11) is 0. The molecule has 5 nitrogen and oxygen atoms in total. The van der Waals surface area contributed by atoms with Gasteiger partial charge in [-0.05, 0) is 29.8 Å². The zero-order valence-electron chi connectivity index (χ0n) is 13.3. The summed E-state index contributed by atoms with van der Waals surface area (Å²) in [5.74, 6) is -0.972. The van der Waals surface area contributed by atoms with Crippen LogP contribution in [0.15, 0.2) is 73.1 Å². The summed E-state index contributed by atoms with van der Waals surface area (Å²) in [5, 5.41) is 9.15. The van der Waals surface area contributed by atoms with E-state index in [1.807, 2.05) is 53.1 Å². The zero-order chi connectivity index (χ0) is 17.4. The van der Waals surface area contributed by atoms with Crippen molar-refractivity contribution in [2.24, 2.45) is 0 Å². The molecule has 0 amide bonds. The molecule has 0 atom stereocenters. The van der Waals surface area contributed by atoms with Crippen molar-refractivity contribution in [3.05, 3.63) is 78.6 Å². The number of fused-ring (bicyclic) bond motifs is 1. The van der Waals surface area contributed by atoms with Crippen LogP contribution in [-0.2, 0) is 0 Å². The first kappa shape index (κ1) is 15.0. The van der Waals surface area contributed by atoms with Crippen LogP contribution in [0.2, 0.25) is 0 Å². The lowest BCUT2D eigenvalue weighted by Crippen LogP contribution is -2.01. The van der Waals surface area contributed by atoms with Gasteiger partial charge >= 0.3 is 5.97 Å². The van der Waals surface area contributed by atoms with Gasteiger partial charge in [0.2, 0.25) is 0 Å². The average Bonchev–Trinajstić information content (AvgIpc) is 3.05. The molecule has 1 heterocycles. The van der Waals surface area contributed by atoms with Gasteiger partial charge < -0.3 is 10.8 Å². The van der Waals surface area contributed by atoms with Crippen LogP contribution in [0.3, 0.4) is 0 Å². The second kappa shape index (κ2) is 5.79. The largest absolute Gasteiger partial charge is 0.478 e. The monoisotopic (exact) mass is 329 g/mol. The predicted molar refractivity (Wildman–Crippen MR) is 97.9 cm³/mol. The Morgan fingerprint density at radius 3 is 2.56 bits per heavy atom. The summed E-state index contributed by atoms with van der Waals surface area (Å²) in [4.78, 5) is 15.5. The first-order valence-electron chi connectivity index (χ1n) is 7.80. The van der Waals surface area contributed by atoms with Crippen molar-refractivity contribution in [3.8, 4) is 16.8 Å². The maximum absolute atomic E-state index is 11.2. The third kappa shape index (κ3) is 2.52. The van der Waals surface area contributed by atoms with Crippen LogP contribution in [0.1, 0.15) is 10.4 Å². The minimum atomic E-state index is -0.972. The van der Waals surface area contributed by atoms with Crippen molar-refractivity contribution in [3.63, 3.8) is 0 Å². The summed E-state index contributed by atoms with van der Waals surface area (Å²) in [6.45, 7) is 0. The molecule has 25 heavy (non-hydrogen) atoms. The fraction of sp³-hybridized carbons (Fsp3) is 0. The van der Waals surface area contributed by atoms with Gasteiger partial charge in [0.1, 0.15) is 6.33 Å². The van der Waals surface area contributed by atoms with Gasteiger partial charge in [-0.1, -0.05) is 42.5 Å². The summed E-state index contributed by atoms with van der Waals surface area (Å²) in [5.41, 5.74) is 11.4. The Kier molecular flexibility index (Phi) is 3.47. The molecule has 1 aromatic heterocycles. The van der Waals surface area contributed by atoms with Gasteiger partial charge in [0.15, 0.2) is 0 Å². The number of aromatic nitrogens is 2. The number of rotatable bonds is 3. The Morgan fingerprint density at radius 2 is 1.80 bits per heavy atom. The Bertz CT molecular complexity index is 1080. The van der Waals surface area contributed by atoms with Crippen LogP contribution >= 0.6 is 0 Å². The summed E-state index contributed by atoms with van der Waals surface area (Å²) >= 11 is 0. The van der Waals surface area contributed by atoms with Crippen molar-refractivity contribution in [1.82, 2.24) is 9.55 Å². The van der Waals surface area contributed by atoms with Crippen LogP contribution in [0.4, 0.5) is 5.69 Å². The summed E-state index contributed by atoms with van der Waals surface area (Å²) in [6, 6.07) is 20.7. The number of anilines is 1. The highest BCUT2D eigenvalue weighted by atomic mass is 16.4. The normalized spacial score (nSPS) is 10.9. The first-order valence-corrected chi connectivity index (χ1v) is 7.80. The van der Waals surface area contributed by atoms with E-state index in [0.717, 1.165) is 22.3 Å². The van der Waals surface area contributed by atoms with Gasteiger partial charge in [0.25, 0.3) is 0 Å². The van der Waals surface area contributed by atoms with Crippen molar-refractivity contribution < 1.29 is 9.90 Å². The van der Waals surface area contributed by atoms with Gasteiger partial charge in [-0.15, -0.1) is 0 Å². The Labute approximate surface area is 144 Å². The van der Waals surface area contributed by atoms with E-state index in [9.17, 15) is 4.79 Å². The topological polar surface area (TPSA) is 81.1 Å². The highest BCUT2D eigenvalue weighted by molar-refractivity contribution is 5.93. The molecule has 0 fully saturated rings. The standard InChI is InChI=1S/C20H15N3O2/c21-16-8-4-7-15(13-5-2-1-3-6-13)19(16)23-12-22-17-11-14(20(24)25)9-10-18(17)23/h1-12H,21H2,(H,24,25). The van der Waals surface area contributed by atoms with Crippen LogP contribution in [0.25, 0.3) is 27.8 Å². The Morgan fingerprint density at radius 1 is 1.00 bits per heavy atom. The van der Waals surface area contributed by atoms with Gasteiger partial charge in [-0.25, -0.2) is 9.78 Å². The van der Waals surface area contributed by atoms with E-state index in [0.29, 0.717) is 11.2 Å². The van der Waals surface area contributed by atoms with E-state index in [-0.39, 0.29) is 5.56 Å². The Hall–Kier alpha value is -3.60. The minimum Gasteiger partial charge on any atom is -0.478 e. The van der Waals surface area contributed by atoms with E-state index >= 15 is 0 Å². The SMILES string of the molecule is Nc1cccc(-c2ccccc2)c1-n1cnc2cc(C(=O)O)ccc21. The molecule has 0 radical (unpaired) electrons. The van der Waals surface area contributed by atoms with E-state index in [1.54, 1.807) is 24.5 Å². The van der Waals surface area contributed by atoms with Crippen molar-refractivity contribution in [2.75, 3.05) is 5.73 Å². The number of para-hydroxylation sites is 1. The van der Waals surface area contributed by atoms with Gasteiger partial charge in [0, 0.05) is 5.56 Å². The molecule has 0 spiro atoms. The van der Waals surface area contributed by atoms with Crippen molar-refractivity contribution in [2.45, 2.75) is 0 Å². The van der Waals surface area contributed by atoms with E-state index in [2.05, 4.69) is 4.98 Å². The lowest BCUT2D eigenvalue weighted by molar-refractivity contribution is 0.0697. The number of carboxylic acids is 1. The molecule has 3 aromatic carbocycles. The number of imidazole rings is 1. The lowest BCUT2D eigenvalue weighted by atomic mass is 10.0. The van der Waals surface area contributed by atoms with E-state index < -0.39 is 5.97 Å².